The molecule has 0 aliphatic rings. The molecule has 0 spiro atoms. The van der Waals surface area contributed by atoms with Gasteiger partial charge in [0.1, 0.15) is 5.82 Å². The highest BCUT2D eigenvalue weighted by Crippen LogP contribution is 2.09. The first-order valence-corrected chi connectivity index (χ1v) is 6.55. The van der Waals surface area contributed by atoms with E-state index in [1.165, 1.54) is 0 Å². The Balaban J connectivity index is 2.46. The molecule has 1 aromatic heterocycles. The standard InChI is InChI=1S/C14H22N4O2/c1-14(2,3)18-11(19)7-9-17-13(20)10-6-5-8-16-12(10)15-4/h5-6,8H,7,9H2,1-4H3,(H,15,16)(H,17,20)(H,18,19). The van der Waals surface area contributed by atoms with Crippen molar-refractivity contribution >= 4 is 17.6 Å². The molecule has 0 unspecified atom stereocenters. The van der Waals surface area contributed by atoms with Gasteiger partial charge >= 0.3 is 0 Å². The number of carbonyl (C=O) groups is 2. The summed E-state index contributed by atoms with van der Waals surface area (Å²) in [5.41, 5.74) is 0.204. The van der Waals surface area contributed by atoms with E-state index in [0.717, 1.165) is 0 Å². The summed E-state index contributed by atoms with van der Waals surface area (Å²) < 4.78 is 0. The number of hydrogen-bond acceptors (Lipinski definition) is 4. The van der Waals surface area contributed by atoms with E-state index in [4.69, 9.17) is 0 Å². The molecule has 0 aromatic carbocycles. The lowest BCUT2D eigenvalue weighted by molar-refractivity contribution is -0.122. The fourth-order valence-electron chi connectivity index (χ4n) is 1.65. The van der Waals surface area contributed by atoms with Crippen molar-refractivity contribution in [2.45, 2.75) is 32.7 Å². The van der Waals surface area contributed by atoms with E-state index in [2.05, 4.69) is 20.9 Å². The van der Waals surface area contributed by atoms with E-state index in [1.807, 2.05) is 20.8 Å². The molecule has 20 heavy (non-hydrogen) atoms. The number of anilines is 1. The van der Waals surface area contributed by atoms with Crippen LogP contribution >= 0.6 is 0 Å². The van der Waals surface area contributed by atoms with Gasteiger partial charge in [-0.25, -0.2) is 4.98 Å². The van der Waals surface area contributed by atoms with Gasteiger partial charge in [0, 0.05) is 31.7 Å². The zero-order valence-electron chi connectivity index (χ0n) is 12.4. The normalized spacial score (nSPS) is 10.8. The van der Waals surface area contributed by atoms with Crippen LogP contribution in [0.3, 0.4) is 0 Å². The molecule has 0 atom stereocenters. The summed E-state index contributed by atoms with van der Waals surface area (Å²) >= 11 is 0. The first-order valence-electron chi connectivity index (χ1n) is 6.55. The molecule has 0 saturated carbocycles. The van der Waals surface area contributed by atoms with E-state index in [-0.39, 0.29) is 23.8 Å². The predicted molar refractivity (Wildman–Crippen MR) is 78.6 cm³/mol. The summed E-state index contributed by atoms with van der Waals surface area (Å²) in [5, 5.41) is 8.41. The number of carbonyl (C=O) groups excluding carboxylic acids is 2. The summed E-state index contributed by atoms with van der Waals surface area (Å²) in [6.07, 6.45) is 1.86. The van der Waals surface area contributed by atoms with Gasteiger partial charge in [0.05, 0.1) is 5.56 Å². The Labute approximate surface area is 119 Å². The molecule has 1 rings (SSSR count). The summed E-state index contributed by atoms with van der Waals surface area (Å²) in [6, 6.07) is 3.38. The van der Waals surface area contributed by atoms with Crippen LogP contribution in [0.1, 0.15) is 37.6 Å². The first kappa shape index (κ1) is 15.9. The van der Waals surface area contributed by atoms with Crippen LogP contribution in [0, 0.1) is 0 Å². The molecule has 0 radical (unpaired) electrons. The van der Waals surface area contributed by atoms with Crippen LogP contribution < -0.4 is 16.0 Å². The average Bonchev–Trinajstić information content (AvgIpc) is 2.36. The van der Waals surface area contributed by atoms with Crippen molar-refractivity contribution in [3.8, 4) is 0 Å². The Morgan fingerprint density at radius 3 is 2.60 bits per heavy atom. The highest BCUT2D eigenvalue weighted by Gasteiger charge is 2.14. The van der Waals surface area contributed by atoms with Crippen molar-refractivity contribution in [1.29, 1.82) is 0 Å². The van der Waals surface area contributed by atoms with E-state index < -0.39 is 0 Å². The predicted octanol–water partition coefficient (Wildman–Crippen LogP) is 1.16. The topological polar surface area (TPSA) is 83.1 Å². The quantitative estimate of drug-likeness (QED) is 0.754. The third-order valence-corrected chi connectivity index (χ3v) is 2.44. The minimum atomic E-state index is -0.260. The lowest BCUT2D eigenvalue weighted by Gasteiger charge is -2.20. The van der Waals surface area contributed by atoms with Crippen LogP contribution in [-0.4, -0.2) is 35.9 Å². The molecule has 0 aliphatic carbocycles. The van der Waals surface area contributed by atoms with Gasteiger partial charge in [-0.05, 0) is 32.9 Å². The Bertz CT molecular complexity index is 480. The average molecular weight is 278 g/mol. The monoisotopic (exact) mass is 278 g/mol. The second-order valence-electron chi connectivity index (χ2n) is 5.45. The van der Waals surface area contributed by atoms with Gasteiger partial charge in [0.25, 0.3) is 5.91 Å². The van der Waals surface area contributed by atoms with Crippen molar-refractivity contribution in [2.75, 3.05) is 18.9 Å². The lowest BCUT2D eigenvalue weighted by Crippen LogP contribution is -2.42. The number of rotatable bonds is 5. The van der Waals surface area contributed by atoms with E-state index in [9.17, 15) is 9.59 Å². The van der Waals surface area contributed by atoms with Gasteiger partial charge in [-0.2, -0.15) is 0 Å². The SMILES string of the molecule is CNc1ncccc1C(=O)NCCC(=O)NC(C)(C)C. The Morgan fingerprint density at radius 2 is 2.00 bits per heavy atom. The summed E-state index contributed by atoms with van der Waals surface area (Å²) in [5.74, 6) is 0.188. The van der Waals surface area contributed by atoms with Crippen molar-refractivity contribution in [3.63, 3.8) is 0 Å². The smallest absolute Gasteiger partial charge is 0.255 e. The number of amides is 2. The van der Waals surface area contributed by atoms with Crippen molar-refractivity contribution in [1.82, 2.24) is 15.6 Å². The van der Waals surface area contributed by atoms with Crippen LogP contribution in [0.4, 0.5) is 5.82 Å². The van der Waals surface area contributed by atoms with E-state index in [0.29, 0.717) is 17.9 Å². The van der Waals surface area contributed by atoms with Gasteiger partial charge in [0.15, 0.2) is 0 Å². The number of nitrogens with one attached hydrogen (secondary N) is 3. The Hall–Kier alpha value is -2.11. The molecule has 0 saturated heterocycles. The van der Waals surface area contributed by atoms with Crippen molar-refractivity contribution in [2.24, 2.45) is 0 Å². The highest BCUT2D eigenvalue weighted by molar-refractivity contribution is 5.98. The second kappa shape index (κ2) is 6.88. The zero-order chi connectivity index (χ0) is 15.2. The van der Waals surface area contributed by atoms with Gasteiger partial charge in [0.2, 0.25) is 5.91 Å². The summed E-state index contributed by atoms with van der Waals surface area (Å²) in [7, 11) is 1.70. The first-order chi connectivity index (χ1) is 9.33. The third-order valence-electron chi connectivity index (χ3n) is 2.44. The molecule has 6 heteroatoms. The van der Waals surface area contributed by atoms with Crippen LogP contribution in [0.2, 0.25) is 0 Å². The highest BCUT2D eigenvalue weighted by atomic mass is 16.2. The van der Waals surface area contributed by atoms with Gasteiger partial charge in [-0.15, -0.1) is 0 Å². The molecule has 110 valence electrons. The van der Waals surface area contributed by atoms with Gasteiger partial charge < -0.3 is 16.0 Å². The minimum absolute atomic E-state index is 0.0853. The number of pyridine rings is 1. The molecule has 6 nitrogen and oxygen atoms in total. The molecule has 2 amide bonds. The van der Waals surface area contributed by atoms with Crippen molar-refractivity contribution < 1.29 is 9.59 Å². The fraction of sp³-hybridized carbons (Fsp3) is 0.500. The van der Waals surface area contributed by atoms with Crippen LogP contribution in [-0.2, 0) is 4.79 Å². The maximum atomic E-state index is 12.0. The lowest BCUT2D eigenvalue weighted by atomic mass is 10.1. The maximum absolute atomic E-state index is 12.0. The van der Waals surface area contributed by atoms with Crippen LogP contribution in [0.5, 0.6) is 0 Å². The van der Waals surface area contributed by atoms with Gasteiger partial charge in [-0.1, -0.05) is 0 Å². The fourth-order valence-corrected chi connectivity index (χ4v) is 1.65. The molecule has 3 N–H and O–H groups in total. The maximum Gasteiger partial charge on any atom is 0.255 e. The Kier molecular flexibility index (Phi) is 5.49. The largest absolute Gasteiger partial charge is 0.372 e. The molecular formula is C14H22N4O2. The van der Waals surface area contributed by atoms with Crippen LogP contribution in [0.15, 0.2) is 18.3 Å². The molecule has 1 heterocycles. The van der Waals surface area contributed by atoms with E-state index >= 15 is 0 Å². The molecule has 0 aliphatic heterocycles. The van der Waals surface area contributed by atoms with Gasteiger partial charge in [-0.3, -0.25) is 9.59 Å². The zero-order valence-corrected chi connectivity index (χ0v) is 12.4. The molecule has 1 aromatic rings. The number of hydrogen-bond donors (Lipinski definition) is 3. The minimum Gasteiger partial charge on any atom is -0.372 e. The molecule has 0 bridgehead atoms. The molecule has 0 fully saturated rings. The van der Waals surface area contributed by atoms with Crippen LogP contribution in [0.25, 0.3) is 0 Å². The summed E-state index contributed by atoms with van der Waals surface area (Å²) in [4.78, 5) is 27.6. The van der Waals surface area contributed by atoms with Crippen molar-refractivity contribution in [3.05, 3.63) is 23.9 Å². The second-order valence-corrected chi connectivity index (χ2v) is 5.45. The number of aromatic nitrogens is 1. The third kappa shape index (κ3) is 5.26. The van der Waals surface area contributed by atoms with E-state index in [1.54, 1.807) is 25.4 Å². The Morgan fingerprint density at radius 1 is 1.30 bits per heavy atom. The molecular weight excluding hydrogens is 256 g/mol. The summed E-state index contributed by atoms with van der Waals surface area (Å²) in [6.45, 7) is 6.04. The number of nitrogens with zero attached hydrogens (tertiary/aromatic N) is 1.